The Labute approximate surface area is 96.8 Å². The number of aliphatic hydroxyl groups is 1. The lowest BCUT2D eigenvalue weighted by atomic mass is 9.95. The summed E-state index contributed by atoms with van der Waals surface area (Å²) in [5.41, 5.74) is 0. The van der Waals surface area contributed by atoms with E-state index >= 15 is 0 Å². The molecule has 1 aliphatic carbocycles. The molecule has 3 nitrogen and oxygen atoms in total. The van der Waals surface area contributed by atoms with Crippen molar-refractivity contribution in [2.24, 2.45) is 5.92 Å². The normalized spacial score (nSPS) is 26.6. The molecule has 0 aliphatic heterocycles. The Morgan fingerprint density at radius 2 is 2.19 bits per heavy atom. The van der Waals surface area contributed by atoms with Crippen LogP contribution in [0.15, 0.2) is 22.8 Å². The van der Waals surface area contributed by atoms with Crippen LogP contribution < -0.4 is 5.32 Å². The van der Waals surface area contributed by atoms with Crippen LogP contribution in [0.3, 0.4) is 0 Å². The standard InChI is InChI=1S/C13H21NO2/c15-10-11-5-2-1-3-7-13(11)14-9-12-6-4-8-16-12/h4,6,8,11,13-15H,1-3,5,7,9-10H2. The molecular weight excluding hydrogens is 202 g/mol. The minimum absolute atomic E-state index is 0.301. The van der Waals surface area contributed by atoms with Crippen molar-refractivity contribution in [3.63, 3.8) is 0 Å². The Hall–Kier alpha value is -0.800. The van der Waals surface area contributed by atoms with Crippen LogP contribution in [0.25, 0.3) is 0 Å². The van der Waals surface area contributed by atoms with Gasteiger partial charge in [0.1, 0.15) is 5.76 Å². The Balaban J connectivity index is 1.85. The number of nitrogens with one attached hydrogen (secondary N) is 1. The van der Waals surface area contributed by atoms with Crippen molar-refractivity contribution in [1.82, 2.24) is 5.32 Å². The SMILES string of the molecule is OCC1CCCCCC1NCc1ccco1. The van der Waals surface area contributed by atoms with Crippen molar-refractivity contribution >= 4 is 0 Å². The molecule has 0 amide bonds. The fraction of sp³-hybridized carbons (Fsp3) is 0.692. The molecule has 0 radical (unpaired) electrons. The number of furan rings is 1. The van der Waals surface area contributed by atoms with Crippen LogP contribution in [-0.2, 0) is 6.54 Å². The molecule has 1 aromatic rings. The van der Waals surface area contributed by atoms with E-state index in [4.69, 9.17) is 4.42 Å². The van der Waals surface area contributed by atoms with Gasteiger partial charge in [-0.15, -0.1) is 0 Å². The van der Waals surface area contributed by atoms with Crippen LogP contribution >= 0.6 is 0 Å². The van der Waals surface area contributed by atoms with Crippen molar-refractivity contribution in [3.05, 3.63) is 24.2 Å². The zero-order valence-corrected chi connectivity index (χ0v) is 9.69. The van der Waals surface area contributed by atoms with Gasteiger partial charge in [0.05, 0.1) is 12.8 Å². The second-order valence-corrected chi connectivity index (χ2v) is 4.65. The highest BCUT2D eigenvalue weighted by Crippen LogP contribution is 2.23. The molecule has 2 N–H and O–H groups in total. The molecule has 1 fully saturated rings. The average molecular weight is 223 g/mol. The molecule has 3 heteroatoms. The highest BCUT2D eigenvalue weighted by atomic mass is 16.3. The second-order valence-electron chi connectivity index (χ2n) is 4.65. The van der Waals surface area contributed by atoms with E-state index < -0.39 is 0 Å². The van der Waals surface area contributed by atoms with Crippen molar-refractivity contribution in [2.45, 2.75) is 44.7 Å². The van der Waals surface area contributed by atoms with Gasteiger partial charge in [-0.25, -0.2) is 0 Å². The maximum Gasteiger partial charge on any atom is 0.117 e. The predicted octanol–water partition coefficient (Wildman–Crippen LogP) is 2.31. The van der Waals surface area contributed by atoms with Gasteiger partial charge in [0.2, 0.25) is 0 Å². The van der Waals surface area contributed by atoms with E-state index in [-0.39, 0.29) is 0 Å². The van der Waals surface area contributed by atoms with Crippen LogP contribution in [0.2, 0.25) is 0 Å². The third-order valence-corrected chi connectivity index (χ3v) is 3.51. The molecule has 1 aromatic heterocycles. The van der Waals surface area contributed by atoms with Crippen LogP contribution in [0.1, 0.15) is 37.9 Å². The number of hydrogen-bond donors (Lipinski definition) is 2. The topological polar surface area (TPSA) is 45.4 Å². The quantitative estimate of drug-likeness (QED) is 0.770. The molecule has 1 heterocycles. The van der Waals surface area contributed by atoms with Crippen LogP contribution in [-0.4, -0.2) is 17.8 Å². The number of hydrogen-bond acceptors (Lipinski definition) is 3. The van der Waals surface area contributed by atoms with Crippen LogP contribution in [0.4, 0.5) is 0 Å². The van der Waals surface area contributed by atoms with Gasteiger partial charge in [-0.3, -0.25) is 0 Å². The summed E-state index contributed by atoms with van der Waals surface area (Å²) < 4.78 is 5.30. The summed E-state index contributed by atoms with van der Waals surface area (Å²) in [6.07, 6.45) is 7.85. The average Bonchev–Trinajstić information content (AvgIpc) is 2.71. The largest absolute Gasteiger partial charge is 0.468 e. The minimum atomic E-state index is 0.301. The van der Waals surface area contributed by atoms with Crippen molar-refractivity contribution < 1.29 is 9.52 Å². The maximum absolute atomic E-state index is 9.38. The summed E-state index contributed by atoms with van der Waals surface area (Å²) in [7, 11) is 0. The van der Waals surface area contributed by atoms with Crippen LogP contribution in [0.5, 0.6) is 0 Å². The summed E-state index contributed by atoms with van der Waals surface area (Å²) in [5.74, 6) is 1.39. The van der Waals surface area contributed by atoms with E-state index in [9.17, 15) is 5.11 Å². The third-order valence-electron chi connectivity index (χ3n) is 3.51. The van der Waals surface area contributed by atoms with E-state index in [2.05, 4.69) is 5.32 Å². The smallest absolute Gasteiger partial charge is 0.117 e. The van der Waals surface area contributed by atoms with E-state index in [1.807, 2.05) is 12.1 Å². The zero-order chi connectivity index (χ0) is 11.2. The summed E-state index contributed by atoms with van der Waals surface area (Å²) in [5, 5.41) is 12.9. The van der Waals surface area contributed by atoms with Crippen molar-refractivity contribution in [3.8, 4) is 0 Å². The first-order valence-corrected chi connectivity index (χ1v) is 6.27. The molecule has 0 aromatic carbocycles. The van der Waals surface area contributed by atoms with Gasteiger partial charge >= 0.3 is 0 Å². The highest BCUT2D eigenvalue weighted by Gasteiger charge is 2.22. The zero-order valence-electron chi connectivity index (χ0n) is 9.69. The third kappa shape index (κ3) is 3.09. The maximum atomic E-state index is 9.38. The molecular formula is C13H21NO2. The molecule has 0 spiro atoms. The van der Waals surface area contributed by atoms with Crippen molar-refractivity contribution in [1.29, 1.82) is 0 Å². The lowest BCUT2D eigenvalue weighted by Gasteiger charge is -2.24. The first-order valence-electron chi connectivity index (χ1n) is 6.27. The summed E-state index contributed by atoms with van der Waals surface area (Å²) in [4.78, 5) is 0. The van der Waals surface area contributed by atoms with Crippen LogP contribution in [0, 0.1) is 5.92 Å². The van der Waals surface area contributed by atoms with E-state index in [1.165, 1.54) is 25.7 Å². The number of aliphatic hydroxyl groups excluding tert-OH is 1. The van der Waals surface area contributed by atoms with Gasteiger partial charge in [-0.2, -0.15) is 0 Å². The second kappa shape index (κ2) is 6.06. The summed E-state index contributed by atoms with van der Waals surface area (Å²) >= 11 is 0. The Morgan fingerprint density at radius 3 is 2.94 bits per heavy atom. The van der Waals surface area contributed by atoms with Gasteiger partial charge < -0.3 is 14.8 Å². The summed E-state index contributed by atoms with van der Waals surface area (Å²) in [6.45, 7) is 1.07. The van der Waals surface area contributed by atoms with Gasteiger partial charge in [0.25, 0.3) is 0 Å². The highest BCUT2D eigenvalue weighted by molar-refractivity contribution is 4.98. The molecule has 2 atom stereocenters. The molecule has 1 saturated carbocycles. The molecule has 2 rings (SSSR count). The molecule has 90 valence electrons. The fourth-order valence-electron chi connectivity index (χ4n) is 2.52. The van der Waals surface area contributed by atoms with Gasteiger partial charge in [0, 0.05) is 12.6 Å². The van der Waals surface area contributed by atoms with Gasteiger partial charge in [-0.05, 0) is 30.9 Å². The molecule has 16 heavy (non-hydrogen) atoms. The lowest BCUT2D eigenvalue weighted by Crippen LogP contribution is -2.36. The molecule has 2 unspecified atom stereocenters. The lowest BCUT2D eigenvalue weighted by molar-refractivity contribution is 0.179. The monoisotopic (exact) mass is 223 g/mol. The van der Waals surface area contributed by atoms with Gasteiger partial charge in [-0.1, -0.05) is 19.3 Å². The Bertz CT molecular complexity index is 284. The molecule has 1 aliphatic rings. The fourth-order valence-corrected chi connectivity index (χ4v) is 2.52. The predicted molar refractivity (Wildman–Crippen MR) is 63.0 cm³/mol. The molecule has 0 saturated heterocycles. The van der Waals surface area contributed by atoms with E-state index in [0.717, 1.165) is 18.7 Å². The van der Waals surface area contributed by atoms with E-state index in [0.29, 0.717) is 18.6 Å². The first-order chi connectivity index (χ1) is 7.90. The summed E-state index contributed by atoms with van der Waals surface area (Å²) in [6, 6.07) is 4.34. The molecule has 0 bridgehead atoms. The number of rotatable bonds is 4. The van der Waals surface area contributed by atoms with E-state index in [1.54, 1.807) is 6.26 Å². The Morgan fingerprint density at radius 1 is 1.31 bits per heavy atom. The first kappa shape index (κ1) is 11.7. The Kier molecular flexibility index (Phi) is 4.43. The van der Waals surface area contributed by atoms with Gasteiger partial charge in [0.15, 0.2) is 0 Å². The van der Waals surface area contributed by atoms with Crippen molar-refractivity contribution in [2.75, 3.05) is 6.61 Å². The minimum Gasteiger partial charge on any atom is -0.468 e.